The molecular formula is C16H24N2O. The molecule has 0 radical (unpaired) electrons. The van der Waals surface area contributed by atoms with Gasteiger partial charge in [-0.3, -0.25) is 4.79 Å². The lowest BCUT2D eigenvalue weighted by Crippen LogP contribution is -2.35. The minimum atomic E-state index is 0.253. The maximum absolute atomic E-state index is 12.2. The first kappa shape index (κ1) is 14.1. The molecule has 0 aromatic heterocycles. The van der Waals surface area contributed by atoms with E-state index in [1.807, 2.05) is 4.90 Å². The summed E-state index contributed by atoms with van der Waals surface area (Å²) in [4.78, 5) is 14.2. The Bertz CT molecular complexity index is 456. The molecule has 2 rings (SSSR count). The number of rotatable bonds is 5. The van der Waals surface area contributed by atoms with Crippen molar-refractivity contribution in [3.8, 4) is 0 Å². The quantitative estimate of drug-likeness (QED) is 0.884. The van der Waals surface area contributed by atoms with E-state index in [-0.39, 0.29) is 5.91 Å². The summed E-state index contributed by atoms with van der Waals surface area (Å²) in [6, 6.07) is 6.79. The molecule has 0 saturated carbocycles. The highest BCUT2D eigenvalue weighted by atomic mass is 16.2. The average molecular weight is 260 g/mol. The second-order valence-electron chi connectivity index (χ2n) is 5.42. The Morgan fingerprint density at radius 2 is 2.26 bits per heavy atom. The molecule has 0 saturated heterocycles. The van der Waals surface area contributed by atoms with Crippen molar-refractivity contribution < 1.29 is 4.79 Å². The van der Waals surface area contributed by atoms with Crippen LogP contribution in [-0.4, -0.2) is 18.5 Å². The Morgan fingerprint density at radius 1 is 1.47 bits per heavy atom. The summed E-state index contributed by atoms with van der Waals surface area (Å²) in [5, 5.41) is 0. The first-order chi connectivity index (χ1) is 9.17. The van der Waals surface area contributed by atoms with Crippen LogP contribution in [0.15, 0.2) is 18.2 Å². The highest BCUT2D eigenvalue weighted by Gasteiger charge is 2.30. The van der Waals surface area contributed by atoms with Crippen molar-refractivity contribution in [1.82, 2.24) is 0 Å². The van der Waals surface area contributed by atoms with Crippen LogP contribution in [0.5, 0.6) is 0 Å². The van der Waals surface area contributed by atoms with E-state index in [4.69, 9.17) is 5.73 Å². The minimum absolute atomic E-state index is 0.253. The Labute approximate surface area is 115 Å². The van der Waals surface area contributed by atoms with Crippen molar-refractivity contribution in [2.75, 3.05) is 11.4 Å². The number of hydrogen-bond acceptors (Lipinski definition) is 2. The number of benzene rings is 1. The lowest BCUT2D eigenvalue weighted by molar-refractivity contribution is -0.118. The van der Waals surface area contributed by atoms with Crippen LogP contribution >= 0.6 is 0 Å². The number of hydrogen-bond donors (Lipinski definition) is 1. The van der Waals surface area contributed by atoms with Crippen LogP contribution in [0.25, 0.3) is 0 Å². The molecule has 1 aliphatic heterocycles. The van der Waals surface area contributed by atoms with Crippen LogP contribution in [0, 0.1) is 0 Å². The zero-order valence-corrected chi connectivity index (χ0v) is 12.0. The number of nitrogens with two attached hydrogens (primary N) is 1. The van der Waals surface area contributed by atoms with Crippen LogP contribution in [0.2, 0.25) is 0 Å². The Morgan fingerprint density at radius 3 is 2.95 bits per heavy atom. The Balaban J connectivity index is 2.20. The maximum Gasteiger partial charge on any atom is 0.227 e. The molecule has 104 valence electrons. The Hall–Kier alpha value is -1.35. The molecule has 1 amide bonds. The topological polar surface area (TPSA) is 46.3 Å². The fourth-order valence-electron chi connectivity index (χ4n) is 2.86. The summed E-state index contributed by atoms with van der Waals surface area (Å²) in [6.45, 7) is 4.91. The summed E-state index contributed by atoms with van der Waals surface area (Å²) in [7, 11) is 0. The van der Waals surface area contributed by atoms with E-state index < -0.39 is 0 Å². The predicted molar refractivity (Wildman–Crippen MR) is 79.4 cm³/mol. The highest BCUT2D eigenvalue weighted by Crippen LogP contribution is 2.33. The first-order valence-corrected chi connectivity index (χ1v) is 7.31. The second-order valence-corrected chi connectivity index (χ2v) is 5.42. The first-order valence-electron chi connectivity index (χ1n) is 7.31. The summed E-state index contributed by atoms with van der Waals surface area (Å²) < 4.78 is 0. The molecule has 0 spiro atoms. The molecule has 19 heavy (non-hydrogen) atoms. The van der Waals surface area contributed by atoms with E-state index in [0.29, 0.717) is 12.5 Å². The van der Waals surface area contributed by atoms with Gasteiger partial charge in [-0.05, 0) is 56.3 Å². The third-order valence-corrected chi connectivity index (χ3v) is 3.76. The van der Waals surface area contributed by atoms with Crippen LogP contribution in [0.1, 0.15) is 44.2 Å². The summed E-state index contributed by atoms with van der Waals surface area (Å²) in [5.41, 5.74) is 9.31. The largest absolute Gasteiger partial charge is 0.330 e. The van der Waals surface area contributed by atoms with Gasteiger partial charge in [0.25, 0.3) is 0 Å². The average Bonchev–Trinajstić information content (AvgIpc) is 2.71. The highest BCUT2D eigenvalue weighted by molar-refractivity contribution is 5.96. The zero-order valence-electron chi connectivity index (χ0n) is 12.0. The van der Waals surface area contributed by atoms with Gasteiger partial charge >= 0.3 is 0 Å². The molecule has 1 aromatic rings. The zero-order chi connectivity index (χ0) is 13.8. The molecule has 3 nitrogen and oxygen atoms in total. The van der Waals surface area contributed by atoms with Crippen LogP contribution in [0.4, 0.5) is 5.69 Å². The standard InChI is InChI=1S/C16H24N2O/c1-3-5-16(19)18-12(2)10-14-11-13(6-4-9-17)7-8-15(14)18/h7-8,11-12H,3-6,9-10,17H2,1-2H3. The fraction of sp³-hybridized carbons (Fsp3) is 0.562. The summed E-state index contributed by atoms with van der Waals surface area (Å²) in [6.07, 6.45) is 4.57. The smallest absolute Gasteiger partial charge is 0.227 e. The molecular weight excluding hydrogens is 236 g/mol. The molecule has 1 unspecified atom stereocenters. The lowest BCUT2D eigenvalue weighted by Gasteiger charge is -2.22. The van der Waals surface area contributed by atoms with Gasteiger partial charge in [0.15, 0.2) is 0 Å². The molecule has 3 heteroatoms. The number of carbonyl (C=O) groups excluding carboxylic acids is 1. The van der Waals surface area contributed by atoms with Crippen LogP contribution < -0.4 is 10.6 Å². The molecule has 1 aromatic carbocycles. The SMILES string of the molecule is CCCC(=O)N1c2ccc(CCCN)cc2CC1C. The number of fused-ring (bicyclic) bond motifs is 1. The molecule has 2 N–H and O–H groups in total. The Kier molecular flexibility index (Phi) is 4.59. The van der Waals surface area contributed by atoms with Crippen LogP contribution in [0.3, 0.4) is 0 Å². The number of carbonyl (C=O) groups is 1. The van der Waals surface area contributed by atoms with Gasteiger partial charge < -0.3 is 10.6 Å². The third-order valence-electron chi connectivity index (χ3n) is 3.76. The van der Waals surface area contributed by atoms with Gasteiger partial charge in [-0.25, -0.2) is 0 Å². The summed E-state index contributed by atoms with van der Waals surface area (Å²) >= 11 is 0. The molecule has 1 heterocycles. The van der Waals surface area contributed by atoms with E-state index in [9.17, 15) is 4.79 Å². The van der Waals surface area contributed by atoms with Crippen molar-refractivity contribution >= 4 is 11.6 Å². The van der Waals surface area contributed by atoms with Gasteiger partial charge in [0.05, 0.1) is 0 Å². The van der Waals surface area contributed by atoms with Crippen molar-refractivity contribution in [2.45, 2.75) is 52.0 Å². The van der Waals surface area contributed by atoms with Gasteiger partial charge in [-0.1, -0.05) is 19.1 Å². The minimum Gasteiger partial charge on any atom is -0.330 e. The van der Waals surface area contributed by atoms with Crippen molar-refractivity contribution in [3.63, 3.8) is 0 Å². The van der Waals surface area contributed by atoms with Gasteiger partial charge in [0.2, 0.25) is 5.91 Å². The monoisotopic (exact) mass is 260 g/mol. The summed E-state index contributed by atoms with van der Waals surface area (Å²) in [5.74, 6) is 0.253. The molecule has 1 atom stereocenters. The van der Waals surface area contributed by atoms with E-state index in [1.165, 1.54) is 11.1 Å². The van der Waals surface area contributed by atoms with Gasteiger partial charge in [0, 0.05) is 18.2 Å². The number of aryl methyl sites for hydroxylation is 1. The second kappa shape index (κ2) is 6.20. The molecule has 0 aliphatic carbocycles. The number of anilines is 1. The fourth-order valence-corrected chi connectivity index (χ4v) is 2.86. The maximum atomic E-state index is 12.2. The van der Waals surface area contributed by atoms with E-state index >= 15 is 0 Å². The number of nitrogens with zero attached hydrogens (tertiary/aromatic N) is 1. The third kappa shape index (κ3) is 2.98. The van der Waals surface area contributed by atoms with Gasteiger partial charge in [-0.15, -0.1) is 0 Å². The van der Waals surface area contributed by atoms with Crippen molar-refractivity contribution in [3.05, 3.63) is 29.3 Å². The van der Waals surface area contributed by atoms with E-state index in [0.717, 1.165) is 37.9 Å². The van der Waals surface area contributed by atoms with Crippen molar-refractivity contribution in [1.29, 1.82) is 0 Å². The van der Waals surface area contributed by atoms with Gasteiger partial charge in [-0.2, -0.15) is 0 Å². The number of amides is 1. The van der Waals surface area contributed by atoms with E-state index in [2.05, 4.69) is 32.0 Å². The van der Waals surface area contributed by atoms with Crippen molar-refractivity contribution in [2.24, 2.45) is 5.73 Å². The molecule has 0 fully saturated rings. The molecule has 1 aliphatic rings. The van der Waals surface area contributed by atoms with E-state index in [1.54, 1.807) is 0 Å². The van der Waals surface area contributed by atoms with Crippen LogP contribution in [-0.2, 0) is 17.6 Å². The molecule has 0 bridgehead atoms. The normalized spacial score (nSPS) is 17.6. The predicted octanol–water partition coefficient (Wildman–Crippen LogP) is 2.66. The van der Waals surface area contributed by atoms with Gasteiger partial charge in [0.1, 0.15) is 0 Å². The lowest BCUT2D eigenvalue weighted by atomic mass is 10.0.